The van der Waals surface area contributed by atoms with Gasteiger partial charge in [-0.15, -0.1) is 0 Å². The number of benzene rings is 1. The molecule has 0 spiro atoms. The van der Waals surface area contributed by atoms with Crippen molar-refractivity contribution in [3.05, 3.63) is 35.9 Å². The highest BCUT2D eigenvalue weighted by molar-refractivity contribution is 5.84. The van der Waals surface area contributed by atoms with Crippen LogP contribution >= 0.6 is 0 Å². The van der Waals surface area contributed by atoms with Crippen molar-refractivity contribution >= 4 is 23.6 Å². The van der Waals surface area contributed by atoms with Crippen LogP contribution in [-0.2, 0) is 19.2 Å². The summed E-state index contributed by atoms with van der Waals surface area (Å²) in [6.45, 7) is 4.19. The van der Waals surface area contributed by atoms with E-state index in [2.05, 4.69) is 5.32 Å². The second kappa shape index (κ2) is 8.23. The van der Waals surface area contributed by atoms with Gasteiger partial charge in [0.2, 0.25) is 23.6 Å². The van der Waals surface area contributed by atoms with E-state index in [0.717, 1.165) is 5.56 Å². The minimum atomic E-state index is -0.724. The number of likely N-dealkylation sites (tertiary alicyclic amines) is 2. The third-order valence-electron chi connectivity index (χ3n) is 5.98. The Morgan fingerprint density at radius 3 is 2.38 bits per heavy atom. The molecule has 2 aliphatic heterocycles. The Hall–Kier alpha value is -2.90. The number of rotatable bonds is 5. The van der Waals surface area contributed by atoms with Crippen molar-refractivity contribution < 1.29 is 19.2 Å². The molecule has 2 fully saturated rings. The van der Waals surface area contributed by atoms with Crippen LogP contribution in [0.4, 0.5) is 0 Å². The number of amides is 4. The fourth-order valence-electron chi connectivity index (χ4n) is 4.83. The third kappa shape index (κ3) is 4.26. The lowest BCUT2D eigenvalue weighted by Gasteiger charge is -2.45. The molecule has 29 heavy (non-hydrogen) atoms. The maximum atomic E-state index is 13.0. The number of hydrogen-bond donors (Lipinski definition) is 2. The van der Waals surface area contributed by atoms with Crippen LogP contribution in [0.25, 0.3) is 0 Å². The molecule has 8 nitrogen and oxygen atoms in total. The highest BCUT2D eigenvalue weighted by atomic mass is 16.2. The number of carbonyl (C=O) groups is 4. The second-order valence-electron chi connectivity index (χ2n) is 8.02. The fraction of sp³-hybridized carbons (Fsp3) is 0.524. The summed E-state index contributed by atoms with van der Waals surface area (Å²) in [6, 6.07) is 9.46. The molecule has 0 radical (unpaired) electrons. The van der Waals surface area contributed by atoms with Gasteiger partial charge >= 0.3 is 0 Å². The molecular weight excluding hydrogens is 372 g/mol. The Balaban J connectivity index is 2.01. The molecule has 1 aromatic carbocycles. The molecule has 3 N–H and O–H groups in total. The first-order valence-electron chi connectivity index (χ1n) is 9.90. The number of piperidine rings is 1. The van der Waals surface area contributed by atoms with Gasteiger partial charge in [-0.1, -0.05) is 30.3 Å². The monoisotopic (exact) mass is 400 g/mol. The summed E-state index contributed by atoms with van der Waals surface area (Å²) in [5.41, 5.74) is 5.49. The zero-order valence-corrected chi connectivity index (χ0v) is 16.9. The molecular formula is C21H28N4O4. The van der Waals surface area contributed by atoms with Crippen LogP contribution in [0.3, 0.4) is 0 Å². The van der Waals surface area contributed by atoms with Gasteiger partial charge in [0.05, 0.1) is 11.6 Å². The zero-order valence-electron chi connectivity index (χ0n) is 16.9. The van der Waals surface area contributed by atoms with Crippen molar-refractivity contribution in [1.29, 1.82) is 0 Å². The van der Waals surface area contributed by atoms with Crippen LogP contribution in [0.5, 0.6) is 0 Å². The van der Waals surface area contributed by atoms with Crippen LogP contribution in [0.15, 0.2) is 30.3 Å². The predicted molar refractivity (Wildman–Crippen MR) is 106 cm³/mol. The summed E-state index contributed by atoms with van der Waals surface area (Å²) in [5.74, 6) is -0.986. The van der Waals surface area contributed by atoms with Gasteiger partial charge in [-0.3, -0.25) is 19.2 Å². The number of nitrogens with one attached hydrogen (secondary N) is 1. The van der Waals surface area contributed by atoms with Gasteiger partial charge < -0.3 is 20.9 Å². The van der Waals surface area contributed by atoms with Crippen molar-refractivity contribution in [3.63, 3.8) is 0 Å². The summed E-state index contributed by atoms with van der Waals surface area (Å²) in [4.78, 5) is 51.8. The minimum Gasteiger partial charge on any atom is -0.370 e. The van der Waals surface area contributed by atoms with Gasteiger partial charge in [-0.05, 0) is 12.0 Å². The average molecular weight is 400 g/mol. The molecule has 2 heterocycles. The van der Waals surface area contributed by atoms with Gasteiger partial charge in [0, 0.05) is 52.2 Å². The molecule has 1 aromatic rings. The standard InChI is InChI=1S/C21H28N4O4/c1-14(26)23-21-12-24(15(2)27)11-10-17(21)20(16-6-4-3-5-7-16)25(13-21)19(29)9-8-18(22)28/h3-7,17,20H,8-13H2,1-2H3,(H2,22,28)(H,23,26)/t17-,20-,21-/m1/s1. The molecule has 2 saturated heterocycles. The molecule has 0 unspecified atom stereocenters. The highest BCUT2D eigenvalue weighted by Gasteiger charge is 2.57. The Kier molecular flexibility index (Phi) is 5.91. The Bertz CT molecular complexity index is 812. The van der Waals surface area contributed by atoms with Crippen molar-refractivity contribution in [2.45, 2.75) is 44.7 Å². The number of nitrogens with two attached hydrogens (primary N) is 1. The lowest BCUT2D eigenvalue weighted by atomic mass is 9.75. The van der Waals surface area contributed by atoms with E-state index in [4.69, 9.17) is 5.73 Å². The Morgan fingerprint density at radius 1 is 1.10 bits per heavy atom. The van der Waals surface area contributed by atoms with Crippen LogP contribution in [0.1, 0.15) is 44.7 Å². The highest BCUT2D eigenvalue weighted by Crippen LogP contribution is 2.47. The van der Waals surface area contributed by atoms with Crippen LogP contribution in [0, 0.1) is 5.92 Å². The lowest BCUT2D eigenvalue weighted by molar-refractivity contribution is -0.134. The zero-order chi connectivity index (χ0) is 21.2. The van der Waals surface area contributed by atoms with E-state index < -0.39 is 11.4 Å². The van der Waals surface area contributed by atoms with Crippen LogP contribution < -0.4 is 11.1 Å². The molecule has 3 rings (SSSR count). The summed E-state index contributed by atoms with van der Waals surface area (Å²) in [5, 5.41) is 3.07. The van der Waals surface area contributed by atoms with Crippen molar-refractivity contribution in [1.82, 2.24) is 15.1 Å². The van der Waals surface area contributed by atoms with Gasteiger partial charge in [0.25, 0.3) is 0 Å². The second-order valence-corrected chi connectivity index (χ2v) is 8.02. The number of hydrogen-bond acceptors (Lipinski definition) is 4. The Labute approximate surface area is 170 Å². The summed E-state index contributed by atoms with van der Waals surface area (Å²) < 4.78 is 0. The minimum absolute atomic E-state index is 0.0196. The SMILES string of the molecule is CC(=O)N[C@@]12CN(C(C)=O)CC[C@@H]1[C@@H](c1ccccc1)N(C(=O)CCC(N)=O)C2. The number of primary amides is 1. The maximum absolute atomic E-state index is 13.0. The van der Waals surface area contributed by atoms with E-state index in [-0.39, 0.29) is 49.1 Å². The third-order valence-corrected chi connectivity index (χ3v) is 5.98. The number of fused-ring (bicyclic) bond motifs is 1. The molecule has 0 saturated carbocycles. The van der Waals surface area contributed by atoms with Crippen LogP contribution in [-0.4, -0.2) is 58.6 Å². The van der Waals surface area contributed by atoms with Gasteiger partial charge in [-0.2, -0.15) is 0 Å². The van der Waals surface area contributed by atoms with Gasteiger partial charge in [0.1, 0.15) is 0 Å². The number of carbonyl (C=O) groups excluding carboxylic acids is 4. The predicted octanol–water partition coefficient (Wildman–Crippen LogP) is 0.579. The molecule has 2 aliphatic rings. The molecule has 0 aromatic heterocycles. The van der Waals surface area contributed by atoms with E-state index in [9.17, 15) is 19.2 Å². The Morgan fingerprint density at radius 2 is 1.79 bits per heavy atom. The van der Waals surface area contributed by atoms with E-state index in [1.165, 1.54) is 13.8 Å². The first kappa shape index (κ1) is 20.8. The first-order chi connectivity index (χ1) is 13.7. The molecule has 156 valence electrons. The molecule has 0 aliphatic carbocycles. The van der Waals surface area contributed by atoms with Crippen molar-refractivity contribution in [2.75, 3.05) is 19.6 Å². The largest absolute Gasteiger partial charge is 0.370 e. The van der Waals surface area contributed by atoms with Crippen molar-refractivity contribution in [3.8, 4) is 0 Å². The molecule has 3 atom stereocenters. The van der Waals surface area contributed by atoms with Gasteiger partial charge in [0.15, 0.2) is 0 Å². The lowest BCUT2D eigenvalue weighted by Crippen LogP contribution is -2.64. The normalized spacial score (nSPS) is 26.0. The molecule has 0 bridgehead atoms. The van der Waals surface area contributed by atoms with E-state index in [0.29, 0.717) is 19.5 Å². The summed E-state index contributed by atoms with van der Waals surface area (Å²) >= 11 is 0. The van der Waals surface area contributed by atoms with E-state index >= 15 is 0 Å². The fourth-order valence-corrected chi connectivity index (χ4v) is 4.83. The summed E-state index contributed by atoms with van der Waals surface area (Å²) in [6.07, 6.45) is 0.672. The quantitative estimate of drug-likeness (QED) is 0.753. The summed E-state index contributed by atoms with van der Waals surface area (Å²) in [7, 11) is 0. The molecule has 8 heteroatoms. The smallest absolute Gasteiger partial charge is 0.223 e. The maximum Gasteiger partial charge on any atom is 0.223 e. The van der Waals surface area contributed by atoms with E-state index in [1.807, 2.05) is 30.3 Å². The molecule has 4 amide bonds. The number of nitrogens with zero attached hydrogens (tertiary/aromatic N) is 2. The van der Waals surface area contributed by atoms with Crippen LogP contribution in [0.2, 0.25) is 0 Å². The average Bonchev–Trinajstić information content (AvgIpc) is 3.00. The van der Waals surface area contributed by atoms with Gasteiger partial charge in [-0.25, -0.2) is 0 Å². The first-order valence-corrected chi connectivity index (χ1v) is 9.90. The van der Waals surface area contributed by atoms with E-state index in [1.54, 1.807) is 9.80 Å². The van der Waals surface area contributed by atoms with Crippen molar-refractivity contribution in [2.24, 2.45) is 11.7 Å². The topological polar surface area (TPSA) is 113 Å².